The van der Waals surface area contributed by atoms with Crippen molar-refractivity contribution in [2.45, 2.75) is 25.0 Å². The van der Waals surface area contributed by atoms with Crippen molar-refractivity contribution in [1.29, 1.82) is 0 Å². The molecule has 1 aliphatic heterocycles. The fraction of sp³-hybridized carbons (Fsp3) is 0.545. The van der Waals surface area contributed by atoms with E-state index in [4.69, 9.17) is 0 Å². The predicted molar refractivity (Wildman–Crippen MR) is 63.3 cm³/mol. The van der Waals surface area contributed by atoms with Crippen LogP contribution < -0.4 is 10.6 Å². The Kier molecular flexibility index (Phi) is 3.93. The van der Waals surface area contributed by atoms with Gasteiger partial charge < -0.3 is 15.7 Å². The SMILES string of the molecule is O=C1CCC(NCC(O)c2cccs2)CN1. The van der Waals surface area contributed by atoms with E-state index in [9.17, 15) is 9.90 Å². The molecule has 2 atom stereocenters. The summed E-state index contributed by atoms with van der Waals surface area (Å²) in [7, 11) is 0. The van der Waals surface area contributed by atoms with Crippen molar-refractivity contribution in [3.8, 4) is 0 Å². The average Bonchev–Trinajstić information content (AvgIpc) is 2.81. The molecule has 0 aliphatic carbocycles. The Hall–Kier alpha value is -0.910. The summed E-state index contributed by atoms with van der Waals surface area (Å²) in [5.74, 6) is 0.122. The minimum atomic E-state index is -0.447. The van der Waals surface area contributed by atoms with E-state index >= 15 is 0 Å². The van der Waals surface area contributed by atoms with Crippen LogP contribution >= 0.6 is 11.3 Å². The molecule has 88 valence electrons. The van der Waals surface area contributed by atoms with Crippen molar-refractivity contribution in [2.24, 2.45) is 0 Å². The van der Waals surface area contributed by atoms with Crippen LogP contribution in [0.5, 0.6) is 0 Å². The molecule has 2 rings (SSSR count). The molecule has 0 radical (unpaired) electrons. The van der Waals surface area contributed by atoms with E-state index in [0.717, 1.165) is 11.3 Å². The van der Waals surface area contributed by atoms with Crippen LogP contribution in [0.25, 0.3) is 0 Å². The highest BCUT2D eigenvalue weighted by atomic mass is 32.1. The van der Waals surface area contributed by atoms with Crippen molar-refractivity contribution in [1.82, 2.24) is 10.6 Å². The standard InChI is InChI=1S/C11H16N2O2S/c14-9(10-2-1-5-16-10)7-12-8-3-4-11(15)13-6-8/h1-2,5,8-9,12,14H,3-4,6-7H2,(H,13,15). The van der Waals surface area contributed by atoms with Crippen LogP contribution in [0.4, 0.5) is 0 Å². The number of aliphatic hydroxyl groups is 1. The second-order valence-electron chi connectivity index (χ2n) is 3.98. The largest absolute Gasteiger partial charge is 0.386 e. The van der Waals surface area contributed by atoms with Gasteiger partial charge in [0.1, 0.15) is 6.10 Å². The van der Waals surface area contributed by atoms with Crippen molar-refractivity contribution in [3.63, 3.8) is 0 Å². The lowest BCUT2D eigenvalue weighted by atomic mass is 10.1. The fourth-order valence-electron chi connectivity index (χ4n) is 1.77. The van der Waals surface area contributed by atoms with Gasteiger partial charge in [0.15, 0.2) is 0 Å². The number of amides is 1. The molecule has 4 nitrogen and oxygen atoms in total. The van der Waals surface area contributed by atoms with Crippen LogP contribution in [-0.2, 0) is 4.79 Å². The van der Waals surface area contributed by atoms with E-state index in [1.54, 1.807) is 11.3 Å². The quantitative estimate of drug-likeness (QED) is 0.724. The Morgan fingerprint density at radius 1 is 1.69 bits per heavy atom. The average molecular weight is 240 g/mol. The first-order valence-electron chi connectivity index (χ1n) is 5.47. The summed E-state index contributed by atoms with van der Waals surface area (Å²) in [6.07, 6.45) is 0.980. The van der Waals surface area contributed by atoms with E-state index in [1.165, 1.54) is 0 Å². The van der Waals surface area contributed by atoms with Crippen LogP contribution in [-0.4, -0.2) is 30.1 Å². The molecule has 5 heteroatoms. The Morgan fingerprint density at radius 3 is 3.19 bits per heavy atom. The molecule has 1 saturated heterocycles. The maximum Gasteiger partial charge on any atom is 0.220 e. The number of piperidine rings is 1. The zero-order valence-corrected chi connectivity index (χ0v) is 9.80. The summed E-state index contributed by atoms with van der Waals surface area (Å²) in [5, 5.41) is 17.9. The summed E-state index contributed by atoms with van der Waals surface area (Å²) in [6.45, 7) is 1.21. The first kappa shape index (κ1) is 11.6. The number of thiophene rings is 1. The van der Waals surface area contributed by atoms with Gasteiger partial charge in [-0.05, 0) is 17.9 Å². The summed E-state index contributed by atoms with van der Waals surface area (Å²) in [6, 6.07) is 4.15. The lowest BCUT2D eigenvalue weighted by Gasteiger charge is -2.24. The van der Waals surface area contributed by atoms with Gasteiger partial charge in [-0.25, -0.2) is 0 Å². The monoisotopic (exact) mass is 240 g/mol. The summed E-state index contributed by atoms with van der Waals surface area (Å²) >= 11 is 1.56. The summed E-state index contributed by atoms with van der Waals surface area (Å²) in [5.41, 5.74) is 0. The van der Waals surface area contributed by atoms with E-state index in [-0.39, 0.29) is 11.9 Å². The molecular weight excluding hydrogens is 224 g/mol. The topological polar surface area (TPSA) is 61.4 Å². The van der Waals surface area contributed by atoms with Crippen LogP contribution in [0.3, 0.4) is 0 Å². The zero-order valence-electron chi connectivity index (χ0n) is 8.98. The Balaban J connectivity index is 1.73. The zero-order chi connectivity index (χ0) is 11.4. The Labute approximate surface area is 98.7 Å². The molecule has 0 aromatic carbocycles. The minimum absolute atomic E-state index is 0.122. The first-order valence-corrected chi connectivity index (χ1v) is 6.35. The van der Waals surface area contributed by atoms with E-state index in [2.05, 4.69) is 10.6 Å². The number of rotatable bonds is 4. The first-order chi connectivity index (χ1) is 7.75. The molecule has 2 heterocycles. The smallest absolute Gasteiger partial charge is 0.220 e. The summed E-state index contributed by atoms with van der Waals surface area (Å²) < 4.78 is 0. The van der Waals surface area contributed by atoms with Crippen LogP contribution in [0.15, 0.2) is 17.5 Å². The molecule has 3 N–H and O–H groups in total. The van der Waals surface area contributed by atoms with Crippen molar-refractivity contribution in [2.75, 3.05) is 13.1 Å². The van der Waals surface area contributed by atoms with Gasteiger partial charge in [0.05, 0.1) is 0 Å². The molecule has 1 fully saturated rings. The lowest BCUT2D eigenvalue weighted by molar-refractivity contribution is -0.122. The molecule has 1 aliphatic rings. The van der Waals surface area contributed by atoms with Gasteiger partial charge in [-0.3, -0.25) is 4.79 Å². The van der Waals surface area contributed by atoms with Crippen molar-refractivity contribution < 1.29 is 9.90 Å². The van der Waals surface area contributed by atoms with Gasteiger partial charge in [-0.1, -0.05) is 6.07 Å². The Bertz CT molecular complexity index is 330. The molecule has 0 saturated carbocycles. The van der Waals surface area contributed by atoms with Gasteiger partial charge in [0, 0.05) is 30.4 Å². The van der Waals surface area contributed by atoms with E-state index < -0.39 is 6.10 Å². The highest BCUT2D eigenvalue weighted by Crippen LogP contribution is 2.18. The number of nitrogens with one attached hydrogen (secondary N) is 2. The fourth-order valence-corrected chi connectivity index (χ4v) is 2.48. The highest BCUT2D eigenvalue weighted by molar-refractivity contribution is 7.10. The van der Waals surface area contributed by atoms with Crippen LogP contribution in [0.2, 0.25) is 0 Å². The van der Waals surface area contributed by atoms with Crippen LogP contribution in [0.1, 0.15) is 23.8 Å². The molecule has 16 heavy (non-hydrogen) atoms. The Morgan fingerprint density at radius 2 is 2.56 bits per heavy atom. The predicted octanol–water partition coefficient (Wildman–Crippen LogP) is 0.650. The summed E-state index contributed by atoms with van der Waals surface area (Å²) in [4.78, 5) is 11.9. The minimum Gasteiger partial charge on any atom is -0.386 e. The molecular formula is C11H16N2O2S. The van der Waals surface area contributed by atoms with Gasteiger partial charge in [0.2, 0.25) is 5.91 Å². The van der Waals surface area contributed by atoms with Crippen LogP contribution in [0, 0.1) is 0 Å². The number of carbonyl (C=O) groups excluding carboxylic acids is 1. The van der Waals surface area contributed by atoms with Crippen molar-refractivity contribution in [3.05, 3.63) is 22.4 Å². The molecule has 0 bridgehead atoms. The molecule has 0 spiro atoms. The van der Waals surface area contributed by atoms with Gasteiger partial charge in [-0.2, -0.15) is 0 Å². The number of aliphatic hydroxyl groups excluding tert-OH is 1. The normalized spacial score (nSPS) is 22.8. The lowest BCUT2D eigenvalue weighted by Crippen LogP contribution is -2.46. The maximum atomic E-state index is 10.9. The molecule has 1 aromatic heterocycles. The van der Waals surface area contributed by atoms with Crippen molar-refractivity contribution >= 4 is 17.2 Å². The van der Waals surface area contributed by atoms with Gasteiger partial charge >= 0.3 is 0 Å². The number of carbonyl (C=O) groups is 1. The van der Waals surface area contributed by atoms with E-state index in [1.807, 2.05) is 17.5 Å². The van der Waals surface area contributed by atoms with Gasteiger partial charge in [0.25, 0.3) is 0 Å². The maximum absolute atomic E-state index is 10.9. The third-order valence-corrected chi connectivity index (χ3v) is 3.71. The molecule has 2 unspecified atom stereocenters. The van der Waals surface area contributed by atoms with E-state index in [0.29, 0.717) is 19.5 Å². The number of hydrogen-bond donors (Lipinski definition) is 3. The highest BCUT2D eigenvalue weighted by Gasteiger charge is 2.18. The third kappa shape index (κ3) is 3.04. The second kappa shape index (κ2) is 5.43. The number of hydrogen-bond acceptors (Lipinski definition) is 4. The second-order valence-corrected chi connectivity index (χ2v) is 4.96. The third-order valence-electron chi connectivity index (χ3n) is 2.74. The molecule has 1 amide bonds. The molecule has 1 aromatic rings. The van der Waals surface area contributed by atoms with Gasteiger partial charge in [-0.15, -0.1) is 11.3 Å².